The van der Waals surface area contributed by atoms with Gasteiger partial charge in [-0.1, -0.05) is 65.1 Å². The molecular formula is C18H17Cl3N2S. The van der Waals surface area contributed by atoms with E-state index in [1.54, 1.807) is 12.1 Å². The molecule has 2 nitrogen and oxygen atoms in total. The second kappa shape index (κ2) is 7.92. The van der Waals surface area contributed by atoms with Gasteiger partial charge in [0.05, 0.1) is 15.1 Å². The van der Waals surface area contributed by atoms with Crippen LogP contribution in [0.25, 0.3) is 0 Å². The van der Waals surface area contributed by atoms with Crippen LogP contribution in [0.3, 0.4) is 0 Å². The van der Waals surface area contributed by atoms with E-state index in [9.17, 15) is 0 Å². The van der Waals surface area contributed by atoms with Crippen molar-refractivity contribution in [2.24, 2.45) is 0 Å². The van der Waals surface area contributed by atoms with Crippen molar-refractivity contribution in [3.05, 3.63) is 63.1 Å². The molecule has 0 bridgehead atoms. The minimum Gasteiger partial charge on any atom is -0.346 e. The molecule has 0 spiro atoms. The monoisotopic (exact) mass is 398 g/mol. The number of benzene rings is 2. The first-order valence-corrected chi connectivity index (χ1v) is 9.35. The maximum atomic E-state index is 6.08. The molecule has 1 aliphatic heterocycles. The zero-order valence-electron chi connectivity index (χ0n) is 12.9. The molecule has 0 aliphatic carbocycles. The fraction of sp³-hybridized carbons (Fsp3) is 0.278. The third-order valence-corrected chi connectivity index (χ3v) is 5.72. The average Bonchev–Trinajstić information content (AvgIpc) is 3.01. The quantitative estimate of drug-likeness (QED) is 0.499. The number of rotatable bonds is 3. The molecule has 0 radical (unpaired) electrons. The van der Waals surface area contributed by atoms with Gasteiger partial charge in [0.15, 0.2) is 5.11 Å². The molecule has 2 aromatic carbocycles. The van der Waals surface area contributed by atoms with E-state index in [-0.39, 0.29) is 0 Å². The highest BCUT2D eigenvalue weighted by atomic mass is 35.5. The molecular weight excluding hydrogens is 383 g/mol. The van der Waals surface area contributed by atoms with Crippen LogP contribution in [0.5, 0.6) is 0 Å². The van der Waals surface area contributed by atoms with Crippen LogP contribution in [0.15, 0.2) is 42.5 Å². The topological polar surface area (TPSA) is 15.3 Å². The van der Waals surface area contributed by atoms with Crippen molar-refractivity contribution in [2.45, 2.75) is 25.3 Å². The SMILES string of the molecule is S=C(Nc1cc(Cl)c(Cl)c(Cl)c1)N1CCCC1Cc1ccccc1. The summed E-state index contributed by atoms with van der Waals surface area (Å²) >= 11 is 23.8. The van der Waals surface area contributed by atoms with Gasteiger partial charge < -0.3 is 10.2 Å². The highest BCUT2D eigenvalue weighted by molar-refractivity contribution is 7.80. The van der Waals surface area contributed by atoms with Gasteiger partial charge in [0.1, 0.15) is 0 Å². The minimum atomic E-state index is 0.359. The molecule has 126 valence electrons. The highest BCUT2D eigenvalue weighted by Crippen LogP contribution is 2.33. The number of thiocarbonyl (C=S) groups is 1. The fourth-order valence-electron chi connectivity index (χ4n) is 3.02. The van der Waals surface area contributed by atoms with Crippen LogP contribution < -0.4 is 5.32 Å². The van der Waals surface area contributed by atoms with Crippen molar-refractivity contribution in [3.63, 3.8) is 0 Å². The smallest absolute Gasteiger partial charge is 0.173 e. The molecule has 1 fully saturated rings. The maximum absolute atomic E-state index is 6.08. The predicted octanol–water partition coefficient (Wildman–Crippen LogP) is 6.05. The molecule has 1 aliphatic rings. The van der Waals surface area contributed by atoms with E-state index in [0.717, 1.165) is 31.5 Å². The van der Waals surface area contributed by atoms with Gasteiger partial charge in [-0.05, 0) is 49.2 Å². The lowest BCUT2D eigenvalue weighted by molar-refractivity contribution is 0.392. The van der Waals surface area contributed by atoms with E-state index in [1.165, 1.54) is 5.56 Å². The van der Waals surface area contributed by atoms with E-state index in [1.807, 2.05) is 6.07 Å². The summed E-state index contributed by atoms with van der Waals surface area (Å²) in [4.78, 5) is 2.25. The molecule has 6 heteroatoms. The summed E-state index contributed by atoms with van der Waals surface area (Å²) in [5, 5.41) is 5.12. The first-order valence-electron chi connectivity index (χ1n) is 7.80. The number of hydrogen-bond donors (Lipinski definition) is 1. The Bertz CT molecular complexity index is 713. The summed E-state index contributed by atoms with van der Waals surface area (Å²) in [5.41, 5.74) is 2.08. The Morgan fingerprint density at radius 2 is 1.79 bits per heavy atom. The van der Waals surface area contributed by atoms with Crippen LogP contribution in [-0.2, 0) is 6.42 Å². The molecule has 0 amide bonds. The van der Waals surface area contributed by atoms with Crippen LogP contribution in [0, 0.1) is 0 Å². The van der Waals surface area contributed by atoms with Crippen LogP contribution in [0.4, 0.5) is 5.69 Å². The number of halogens is 3. The van der Waals surface area contributed by atoms with Gasteiger partial charge in [-0.2, -0.15) is 0 Å². The first-order chi connectivity index (χ1) is 11.5. The van der Waals surface area contributed by atoms with Crippen molar-refractivity contribution in [2.75, 3.05) is 11.9 Å². The van der Waals surface area contributed by atoms with Crippen molar-refractivity contribution < 1.29 is 0 Å². The van der Waals surface area contributed by atoms with Crippen molar-refractivity contribution >= 4 is 57.8 Å². The van der Waals surface area contributed by atoms with Crippen LogP contribution >= 0.6 is 47.0 Å². The zero-order chi connectivity index (χ0) is 17.1. The predicted molar refractivity (Wildman–Crippen MR) is 108 cm³/mol. The number of anilines is 1. The van der Waals surface area contributed by atoms with E-state index < -0.39 is 0 Å². The molecule has 1 saturated heterocycles. The summed E-state index contributed by atoms with van der Waals surface area (Å²) in [7, 11) is 0. The maximum Gasteiger partial charge on any atom is 0.173 e. The lowest BCUT2D eigenvalue weighted by Gasteiger charge is -2.28. The van der Waals surface area contributed by atoms with Crippen LogP contribution in [-0.4, -0.2) is 22.6 Å². The third-order valence-electron chi connectivity index (χ3n) is 4.19. The number of nitrogens with zero attached hydrogens (tertiary/aromatic N) is 1. The van der Waals surface area contributed by atoms with Gasteiger partial charge in [0.2, 0.25) is 0 Å². The van der Waals surface area contributed by atoms with Gasteiger partial charge in [-0.25, -0.2) is 0 Å². The summed E-state index contributed by atoms with van der Waals surface area (Å²) < 4.78 is 0. The molecule has 0 saturated carbocycles. The highest BCUT2D eigenvalue weighted by Gasteiger charge is 2.26. The lowest BCUT2D eigenvalue weighted by atomic mass is 10.0. The van der Waals surface area contributed by atoms with E-state index in [4.69, 9.17) is 47.0 Å². The second-order valence-corrected chi connectivity index (χ2v) is 7.44. The molecule has 1 unspecified atom stereocenters. The van der Waals surface area contributed by atoms with Crippen molar-refractivity contribution in [1.82, 2.24) is 4.90 Å². The van der Waals surface area contributed by atoms with Gasteiger partial charge in [0, 0.05) is 18.3 Å². The van der Waals surface area contributed by atoms with Crippen molar-refractivity contribution in [3.8, 4) is 0 Å². The Balaban J connectivity index is 1.70. The van der Waals surface area contributed by atoms with Gasteiger partial charge in [-0.15, -0.1) is 0 Å². The Morgan fingerprint density at radius 1 is 1.12 bits per heavy atom. The summed E-state index contributed by atoms with van der Waals surface area (Å²) in [6.45, 7) is 0.957. The Labute approximate surface area is 162 Å². The molecule has 3 rings (SSSR count). The molecule has 1 atom stereocenters. The standard InChI is InChI=1S/C18H17Cl3N2S/c19-15-10-13(11-16(20)17(15)21)22-18(24)23-8-4-7-14(23)9-12-5-2-1-3-6-12/h1-3,5-6,10-11,14H,4,7-9H2,(H,22,24). The van der Waals surface area contributed by atoms with Crippen LogP contribution in [0.2, 0.25) is 15.1 Å². The summed E-state index contributed by atoms with van der Waals surface area (Å²) in [5.74, 6) is 0. The molecule has 24 heavy (non-hydrogen) atoms. The minimum absolute atomic E-state index is 0.359. The summed E-state index contributed by atoms with van der Waals surface area (Å²) in [6, 6.07) is 14.4. The van der Waals surface area contributed by atoms with Crippen LogP contribution in [0.1, 0.15) is 18.4 Å². The molecule has 1 N–H and O–H groups in total. The van der Waals surface area contributed by atoms with Gasteiger partial charge >= 0.3 is 0 Å². The Hall–Kier alpha value is -1.00. The van der Waals surface area contributed by atoms with E-state index in [0.29, 0.717) is 26.2 Å². The van der Waals surface area contributed by atoms with E-state index in [2.05, 4.69) is 34.5 Å². The second-order valence-electron chi connectivity index (χ2n) is 5.86. The first kappa shape index (κ1) is 17.8. The third kappa shape index (κ3) is 4.15. The largest absolute Gasteiger partial charge is 0.346 e. The van der Waals surface area contributed by atoms with Crippen molar-refractivity contribution in [1.29, 1.82) is 0 Å². The Kier molecular flexibility index (Phi) is 5.88. The van der Waals surface area contributed by atoms with E-state index >= 15 is 0 Å². The average molecular weight is 400 g/mol. The summed E-state index contributed by atoms with van der Waals surface area (Å²) in [6.07, 6.45) is 3.27. The Morgan fingerprint density at radius 3 is 2.46 bits per heavy atom. The normalized spacial score (nSPS) is 17.1. The fourth-order valence-corrected chi connectivity index (χ4v) is 3.98. The number of likely N-dealkylation sites (tertiary alicyclic amines) is 1. The number of nitrogens with one attached hydrogen (secondary N) is 1. The molecule has 2 aromatic rings. The number of hydrogen-bond acceptors (Lipinski definition) is 1. The van der Waals surface area contributed by atoms with Gasteiger partial charge in [0.25, 0.3) is 0 Å². The molecule has 0 aromatic heterocycles. The zero-order valence-corrected chi connectivity index (χ0v) is 16.0. The molecule has 1 heterocycles. The van der Waals surface area contributed by atoms with Gasteiger partial charge in [-0.3, -0.25) is 0 Å². The lowest BCUT2D eigenvalue weighted by Crippen LogP contribution is -2.39.